The van der Waals surface area contributed by atoms with Gasteiger partial charge < -0.3 is 10.5 Å². The number of H-pyrrole nitrogens is 1. The minimum Gasteiger partial charge on any atom is -0.497 e. The van der Waals surface area contributed by atoms with Crippen molar-refractivity contribution in [1.82, 2.24) is 15.2 Å². The lowest BCUT2D eigenvalue weighted by atomic mass is 10.0. The van der Waals surface area contributed by atoms with Gasteiger partial charge in [-0.25, -0.2) is 4.98 Å². The first-order valence-corrected chi connectivity index (χ1v) is 9.01. The Hall–Kier alpha value is -3.86. The molecule has 0 unspecified atom stereocenters. The van der Waals surface area contributed by atoms with Crippen molar-refractivity contribution < 1.29 is 4.74 Å². The number of nitrogens with one attached hydrogen (secondary N) is 1. The third kappa shape index (κ3) is 2.65. The van der Waals surface area contributed by atoms with Gasteiger partial charge >= 0.3 is 0 Å². The minimum absolute atomic E-state index is 0.451. The van der Waals surface area contributed by atoms with Gasteiger partial charge in [-0.05, 0) is 35.0 Å². The summed E-state index contributed by atoms with van der Waals surface area (Å²) in [4.78, 5) is 4.95. The van der Waals surface area contributed by atoms with E-state index in [1.165, 1.54) is 0 Å². The molecule has 2 heterocycles. The second-order valence-electron chi connectivity index (χ2n) is 6.68. The summed E-state index contributed by atoms with van der Waals surface area (Å²) in [5.41, 5.74) is 10.8. The van der Waals surface area contributed by atoms with Gasteiger partial charge in [0.05, 0.1) is 29.4 Å². The first kappa shape index (κ1) is 16.3. The number of anilines is 1. The van der Waals surface area contributed by atoms with Crippen molar-refractivity contribution in [3.05, 3.63) is 72.8 Å². The van der Waals surface area contributed by atoms with Gasteiger partial charge in [-0.2, -0.15) is 5.10 Å². The Morgan fingerprint density at radius 3 is 2.46 bits per heavy atom. The summed E-state index contributed by atoms with van der Waals surface area (Å²) < 4.78 is 5.32. The van der Waals surface area contributed by atoms with Crippen LogP contribution in [0.2, 0.25) is 0 Å². The zero-order valence-electron chi connectivity index (χ0n) is 15.3. The number of nitrogens with two attached hydrogens (primary N) is 1. The number of hydrogen-bond acceptors (Lipinski definition) is 4. The Balaban J connectivity index is 1.75. The molecule has 3 aromatic carbocycles. The predicted octanol–water partition coefficient (Wildman–Crippen LogP) is 5.04. The topological polar surface area (TPSA) is 76.8 Å². The molecule has 0 bridgehead atoms. The number of methoxy groups -OCH3 is 1. The van der Waals surface area contributed by atoms with E-state index in [0.29, 0.717) is 5.82 Å². The Morgan fingerprint density at radius 2 is 1.64 bits per heavy atom. The van der Waals surface area contributed by atoms with E-state index in [2.05, 4.69) is 34.5 Å². The van der Waals surface area contributed by atoms with E-state index in [0.717, 1.165) is 49.9 Å². The molecule has 5 aromatic rings. The van der Waals surface area contributed by atoms with Crippen LogP contribution in [-0.2, 0) is 0 Å². The van der Waals surface area contributed by atoms with Crippen molar-refractivity contribution in [2.75, 3.05) is 12.8 Å². The van der Waals surface area contributed by atoms with Crippen molar-refractivity contribution in [2.24, 2.45) is 0 Å². The summed E-state index contributed by atoms with van der Waals surface area (Å²) in [6.07, 6.45) is 0. The molecule has 3 N–H and O–H groups in total. The van der Waals surface area contributed by atoms with E-state index < -0.39 is 0 Å². The second kappa shape index (κ2) is 6.39. The molecule has 0 saturated heterocycles. The van der Waals surface area contributed by atoms with Crippen molar-refractivity contribution in [2.45, 2.75) is 0 Å². The maximum Gasteiger partial charge on any atom is 0.155 e. The molecule has 0 aliphatic rings. The Kier molecular flexibility index (Phi) is 3.72. The Bertz CT molecular complexity index is 1310. The van der Waals surface area contributed by atoms with Gasteiger partial charge in [-0.15, -0.1) is 0 Å². The highest BCUT2D eigenvalue weighted by Crippen LogP contribution is 2.34. The van der Waals surface area contributed by atoms with Crippen LogP contribution in [0, 0.1) is 0 Å². The maximum absolute atomic E-state index is 6.15. The van der Waals surface area contributed by atoms with Crippen LogP contribution in [0.15, 0.2) is 72.8 Å². The van der Waals surface area contributed by atoms with Crippen LogP contribution < -0.4 is 10.5 Å². The smallest absolute Gasteiger partial charge is 0.155 e. The average Bonchev–Trinajstić information content (AvgIpc) is 3.14. The molecular formula is C23H18N4O. The highest BCUT2D eigenvalue weighted by molar-refractivity contribution is 6.02. The first-order valence-electron chi connectivity index (χ1n) is 9.01. The minimum atomic E-state index is 0.451. The number of ether oxygens (including phenoxy) is 1. The summed E-state index contributed by atoms with van der Waals surface area (Å²) in [5, 5.41) is 10.3. The van der Waals surface area contributed by atoms with E-state index in [9.17, 15) is 0 Å². The number of benzene rings is 3. The summed E-state index contributed by atoms with van der Waals surface area (Å²) in [5.74, 6) is 1.29. The number of hydrogen-bond donors (Lipinski definition) is 2. The predicted molar refractivity (Wildman–Crippen MR) is 113 cm³/mol. The number of fused-ring (bicyclic) bond motifs is 2. The summed E-state index contributed by atoms with van der Waals surface area (Å²) in [6, 6.07) is 24.4. The number of pyridine rings is 1. The average molecular weight is 366 g/mol. The third-order valence-electron chi connectivity index (χ3n) is 4.96. The molecule has 5 heteroatoms. The van der Waals surface area contributed by atoms with Gasteiger partial charge in [-0.3, -0.25) is 5.10 Å². The molecule has 5 nitrogen and oxygen atoms in total. The quantitative estimate of drug-likeness (QED) is 0.469. The fraction of sp³-hybridized carbons (Fsp3) is 0.0435. The van der Waals surface area contributed by atoms with Gasteiger partial charge in [-0.1, -0.05) is 48.5 Å². The van der Waals surface area contributed by atoms with Crippen molar-refractivity contribution in [3.8, 4) is 28.3 Å². The standard InChI is InChI=1S/C23H18N4O/c1-28-18-10-9-15-11-17(8-7-16(15)12-18)22-21-20(26-27-23(21)24)13-19(25-22)14-5-3-2-4-6-14/h2-13H,1H3,(H3,24,26,27). The van der Waals surface area contributed by atoms with E-state index >= 15 is 0 Å². The van der Waals surface area contributed by atoms with E-state index in [1.807, 2.05) is 48.5 Å². The molecule has 0 aliphatic carbocycles. The lowest BCUT2D eigenvalue weighted by molar-refractivity contribution is 0.415. The summed E-state index contributed by atoms with van der Waals surface area (Å²) in [6.45, 7) is 0. The Morgan fingerprint density at radius 1 is 0.857 bits per heavy atom. The molecule has 5 rings (SSSR count). The maximum atomic E-state index is 6.15. The fourth-order valence-corrected chi connectivity index (χ4v) is 3.53. The molecule has 0 aliphatic heterocycles. The molecule has 0 atom stereocenters. The van der Waals surface area contributed by atoms with Crippen LogP contribution in [0.1, 0.15) is 0 Å². The van der Waals surface area contributed by atoms with Crippen molar-refractivity contribution >= 4 is 27.5 Å². The van der Waals surface area contributed by atoms with Gasteiger partial charge in [0.1, 0.15) is 5.75 Å². The van der Waals surface area contributed by atoms with Crippen LogP contribution in [0.3, 0.4) is 0 Å². The molecule has 0 radical (unpaired) electrons. The number of aromatic amines is 1. The lowest BCUT2D eigenvalue weighted by Crippen LogP contribution is -1.93. The molecule has 0 saturated carbocycles. The normalized spacial score (nSPS) is 11.2. The zero-order chi connectivity index (χ0) is 19.1. The third-order valence-corrected chi connectivity index (χ3v) is 4.96. The van der Waals surface area contributed by atoms with E-state index in [4.69, 9.17) is 15.5 Å². The summed E-state index contributed by atoms with van der Waals surface area (Å²) in [7, 11) is 1.67. The second-order valence-corrected chi connectivity index (χ2v) is 6.68. The number of nitrogen functional groups attached to an aromatic ring is 1. The molecule has 0 spiro atoms. The van der Waals surface area contributed by atoms with Crippen LogP contribution in [0.4, 0.5) is 5.82 Å². The molecular weight excluding hydrogens is 348 g/mol. The summed E-state index contributed by atoms with van der Waals surface area (Å²) >= 11 is 0. The van der Waals surface area contributed by atoms with E-state index in [1.54, 1.807) is 7.11 Å². The Labute approximate surface area is 161 Å². The number of rotatable bonds is 3. The number of aromatic nitrogens is 3. The van der Waals surface area contributed by atoms with Gasteiger partial charge in [0, 0.05) is 11.1 Å². The molecule has 136 valence electrons. The van der Waals surface area contributed by atoms with Crippen molar-refractivity contribution in [1.29, 1.82) is 0 Å². The highest BCUT2D eigenvalue weighted by Gasteiger charge is 2.15. The van der Waals surface area contributed by atoms with Gasteiger partial charge in [0.15, 0.2) is 5.82 Å². The largest absolute Gasteiger partial charge is 0.497 e. The SMILES string of the molecule is COc1ccc2cc(-c3nc(-c4ccccc4)cc4[nH]nc(N)c34)ccc2c1. The van der Waals surface area contributed by atoms with Gasteiger partial charge in [0.2, 0.25) is 0 Å². The monoisotopic (exact) mass is 366 g/mol. The van der Waals surface area contributed by atoms with E-state index in [-0.39, 0.29) is 0 Å². The van der Waals surface area contributed by atoms with Crippen molar-refractivity contribution in [3.63, 3.8) is 0 Å². The highest BCUT2D eigenvalue weighted by atomic mass is 16.5. The van der Waals surface area contributed by atoms with Crippen LogP contribution >= 0.6 is 0 Å². The van der Waals surface area contributed by atoms with Crippen LogP contribution in [-0.4, -0.2) is 22.3 Å². The van der Waals surface area contributed by atoms with Crippen LogP contribution in [0.5, 0.6) is 5.75 Å². The molecule has 0 amide bonds. The molecule has 28 heavy (non-hydrogen) atoms. The molecule has 0 fully saturated rings. The van der Waals surface area contributed by atoms with Gasteiger partial charge in [0.25, 0.3) is 0 Å². The zero-order valence-corrected chi connectivity index (χ0v) is 15.3. The molecule has 2 aromatic heterocycles. The van der Waals surface area contributed by atoms with Crippen LogP contribution in [0.25, 0.3) is 44.2 Å². The first-order chi connectivity index (χ1) is 13.7. The number of nitrogens with zero attached hydrogens (tertiary/aromatic N) is 2. The fourth-order valence-electron chi connectivity index (χ4n) is 3.53. The lowest BCUT2D eigenvalue weighted by Gasteiger charge is -2.09.